The summed E-state index contributed by atoms with van der Waals surface area (Å²) >= 11 is 0. The third-order valence-electron chi connectivity index (χ3n) is 4.54. The molecule has 3 rings (SSSR count). The van der Waals surface area contributed by atoms with Gasteiger partial charge in [-0.3, -0.25) is 9.78 Å². The molecule has 2 heterocycles. The number of carbonyl (C=O) groups excluding carboxylic acids is 1. The second kappa shape index (κ2) is 7.30. The van der Waals surface area contributed by atoms with E-state index in [4.69, 9.17) is 4.74 Å². The zero-order valence-corrected chi connectivity index (χ0v) is 16.0. The minimum atomic E-state index is -3.25. The first-order valence-electron chi connectivity index (χ1n) is 8.47. The molecule has 1 aliphatic heterocycles. The highest BCUT2D eigenvalue weighted by atomic mass is 32.2. The number of fused-ring (bicyclic) bond motifs is 1. The first-order valence-corrected chi connectivity index (χ1v) is 10.3. The molecule has 0 saturated carbocycles. The van der Waals surface area contributed by atoms with Gasteiger partial charge in [0.15, 0.2) is 0 Å². The van der Waals surface area contributed by atoms with Crippen molar-refractivity contribution in [3.05, 3.63) is 41.1 Å². The van der Waals surface area contributed by atoms with Crippen molar-refractivity contribution in [2.75, 3.05) is 32.5 Å². The van der Waals surface area contributed by atoms with Gasteiger partial charge in [-0.2, -0.15) is 4.31 Å². The number of sulfonamides is 1. The van der Waals surface area contributed by atoms with Crippen molar-refractivity contribution in [1.82, 2.24) is 14.6 Å². The number of nitrogens with one attached hydrogen (secondary N) is 1. The minimum absolute atomic E-state index is 0.238. The van der Waals surface area contributed by atoms with Crippen LogP contribution in [0.4, 0.5) is 0 Å². The Balaban J connectivity index is 1.70. The SMILES string of the molecule is Cc1nc2c(C)cccc2cc1C(=O)NC[C@@H]1CN(S(C)(=O)=O)CCO1. The van der Waals surface area contributed by atoms with E-state index < -0.39 is 10.0 Å². The number of para-hydroxylation sites is 1. The Morgan fingerprint density at radius 2 is 2.15 bits per heavy atom. The van der Waals surface area contributed by atoms with E-state index in [1.165, 1.54) is 10.6 Å². The molecule has 2 aromatic rings. The minimum Gasteiger partial charge on any atom is -0.374 e. The maximum atomic E-state index is 12.6. The van der Waals surface area contributed by atoms with Crippen molar-refractivity contribution in [2.24, 2.45) is 0 Å². The molecule has 0 unspecified atom stereocenters. The van der Waals surface area contributed by atoms with Gasteiger partial charge in [-0.05, 0) is 25.5 Å². The Hall–Kier alpha value is -2.03. The molecule has 8 heteroatoms. The van der Waals surface area contributed by atoms with E-state index in [0.717, 1.165) is 16.5 Å². The Morgan fingerprint density at radius 3 is 2.88 bits per heavy atom. The van der Waals surface area contributed by atoms with Crippen LogP contribution in [0.5, 0.6) is 0 Å². The summed E-state index contributed by atoms with van der Waals surface area (Å²) in [5.74, 6) is -0.238. The summed E-state index contributed by atoms with van der Waals surface area (Å²) in [6.07, 6.45) is 0.818. The zero-order valence-electron chi connectivity index (χ0n) is 15.2. The van der Waals surface area contributed by atoms with Gasteiger partial charge < -0.3 is 10.1 Å². The first kappa shape index (κ1) is 18.8. The van der Waals surface area contributed by atoms with Crippen LogP contribution in [0.15, 0.2) is 24.3 Å². The Morgan fingerprint density at radius 1 is 1.38 bits per heavy atom. The van der Waals surface area contributed by atoms with E-state index in [1.807, 2.05) is 38.1 Å². The molecular formula is C18H23N3O4S. The van der Waals surface area contributed by atoms with Gasteiger partial charge in [0.2, 0.25) is 10.0 Å². The zero-order chi connectivity index (χ0) is 18.9. The number of benzene rings is 1. The van der Waals surface area contributed by atoms with Crippen LogP contribution in [0.1, 0.15) is 21.6 Å². The molecule has 1 saturated heterocycles. The molecule has 7 nitrogen and oxygen atoms in total. The molecule has 1 fully saturated rings. The van der Waals surface area contributed by atoms with Gasteiger partial charge in [0.25, 0.3) is 5.91 Å². The predicted octanol–water partition coefficient (Wildman–Crippen LogP) is 1.24. The number of amides is 1. The van der Waals surface area contributed by atoms with E-state index in [0.29, 0.717) is 24.4 Å². The van der Waals surface area contributed by atoms with Crippen molar-refractivity contribution in [1.29, 1.82) is 0 Å². The molecular weight excluding hydrogens is 354 g/mol. The quantitative estimate of drug-likeness (QED) is 0.866. The normalized spacial score (nSPS) is 18.8. The van der Waals surface area contributed by atoms with Crippen LogP contribution in [0, 0.1) is 13.8 Å². The summed E-state index contributed by atoms with van der Waals surface area (Å²) in [5, 5.41) is 3.75. The number of rotatable bonds is 4. The molecule has 140 valence electrons. The molecule has 1 amide bonds. The molecule has 0 spiro atoms. The second-order valence-electron chi connectivity index (χ2n) is 6.59. The van der Waals surface area contributed by atoms with E-state index in [1.54, 1.807) is 0 Å². The lowest BCUT2D eigenvalue weighted by Crippen LogP contribution is -2.49. The molecule has 0 bridgehead atoms. The second-order valence-corrected chi connectivity index (χ2v) is 8.57. The predicted molar refractivity (Wildman–Crippen MR) is 99.7 cm³/mol. The fourth-order valence-electron chi connectivity index (χ4n) is 3.09. The Bertz CT molecular complexity index is 943. The first-order chi connectivity index (χ1) is 12.3. The lowest BCUT2D eigenvalue weighted by Gasteiger charge is -2.31. The van der Waals surface area contributed by atoms with Gasteiger partial charge >= 0.3 is 0 Å². The molecule has 0 radical (unpaired) electrons. The fraction of sp³-hybridized carbons (Fsp3) is 0.444. The fourth-order valence-corrected chi connectivity index (χ4v) is 3.93. The molecule has 1 atom stereocenters. The van der Waals surface area contributed by atoms with Crippen molar-refractivity contribution >= 4 is 26.8 Å². The number of morpholine rings is 1. The van der Waals surface area contributed by atoms with E-state index >= 15 is 0 Å². The van der Waals surface area contributed by atoms with Crippen LogP contribution in [-0.4, -0.2) is 62.2 Å². The third-order valence-corrected chi connectivity index (χ3v) is 5.81. The van der Waals surface area contributed by atoms with E-state index in [2.05, 4.69) is 10.3 Å². The highest BCUT2D eigenvalue weighted by Crippen LogP contribution is 2.19. The molecule has 1 aromatic heterocycles. The molecule has 1 aliphatic rings. The molecule has 0 aliphatic carbocycles. The van der Waals surface area contributed by atoms with Crippen molar-refractivity contribution in [3.8, 4) is 0 Å². The summed E-state index contributed by atoms with van der Waals surface area (Å²) in [6, 6.07) is 7.69. The van der Waals surface area contributed by atoms with Crippen LogP contribution < -0.4 is 5.32 Å². The maximum absolute atomic E-state index is 12.6. The van der Waals surface area contributed by atoms with Gasteiger partial charge in [0, 0.05) is 25.0 Å². The van der Waals surface area contributed by atoms with Crippen LogP contribution >= 0.6 is 0 Å². The molecule has 1 N–H and O–H groups in total. The number of aromatic nitrogens is 1. The van der Waals surface area contributed by atoms with E-state index in [9.17, 15) is 13.2 Å². The number of hydrogen-bond acceptors (Lipinski definition) is 5. The summed E-state index contributed by atoms with van der Waals surface area (Å²) in [6.45, 7) is 4.95. The van der Waals surface area contributed by atoms with Gasteiger partial charge in [-0.15, -0.1) is 0 Å². The maximum Gasteiger partial charge on any atom is 0.253 e. The van der Waals surface area contributed by atoms with Crippen molar-refractivity contribution < 1.29 is 17.9 Å². The monoisotopic (exact) mass is 377 g/mol. The van der Waals surface area contributed by atoms with Gasteiger partial charge in [0.1, 0.15) is 0 Å². The number of ether oxygens (including phenoxy) is 1. The van der Waals surface area contributed by atoms with Crippen molar-refractivity contribution in [2.45, 2.75) is 20.0 Å². The third kappa shape index (κ3) is 4.03. The number of nitrogens with zero attached hydrogens (tertiary/aromatic N) is 2. The van der Waals surface area contributed by atoms with Gasteiger partial charge in [-0.25, -0.2) is 8.42 Å². The Kier molecular flexibility index (Phi) is 5.27. The van der Waals surface area contributed by atoms with Crippen LogP contribution in [0.2, 0.25) is 0 Å². The number of pyridine rings is 1. The van der Waals surface area contributed by atoms with Crippen molar-refractivity contribution in [3.63, 3.8) is 0 Å². The number of aryl methyl sites for hydroxylation is 2. The highest BCUT2D eigenvalue weighted by Gasteiger charge is 2.27. The highest BCUT2D eigenvalue weighted by molar-refractivity contribution is 7.88. The molecule has 26 heavy (non-hydrogen) atoms. The Labute approximate surface area is 153 Å². The van der Waals surface area contributed by atoms with Gasteiger partial charge in [0.05, 0.1) is 35.7 Å². The van der Waals surface area contributed by atoms with Crippen LogP contribution in [0.25, 0.3) is 10.9 Å². The van der Waals surface area contributed by atoms with Crippen LogP contribution in [-0.2, 0) is 14.8 Å². The van der Waals surface area contributed by atoms with E-state index in [-0.39, 0.29) is 25.1 Å². The average Bonchev–Trinajstić information content (AvgIpc) is 2.59. The summed E-state index contributed by atoms with van der Waals surface area (Å²) in [4.78, 5) is 17.1. The van der Waals surface area contributed by atoms with Crippen LogP contribution in [0.3, 0.4) is 0 Å². The lowest BCUT2D eigenvalue weighted by molar-refractivity contribution is 0.000433. The number of carbonyl (C=O) groups is 1. The smallest absolute Gasteiger partial charge is 0.253 e. The summed E-state index contributed by atoms with van der Waals surface area (Å²) < 4.78 is 30.3. The standard InChI is InChI=1S/C18H23N3O4S/c1-12-5-4-6-14-9-16(13(2)20-17(12)14)18(22)19-10-15-11-21(7-8-25-15)26(3,23)24/h4-6,9,15H,7-8,10-11H2,1-3H3,(H,19,22)/t15-/m1/s1. The summed E-state index contributed by atoms with van der Waals surface area (Å²) in [7, 11) is -3.25. The molecule has 1 aromatic carbocycles. The number of hydrogen-bond donors (Lipinski definition) is 1. The summed E-state index contributed by atoms with van der Waals surface area (Å²) in [5.41, 5.74) is 3.13. The lowest BCUT2D eigenvalue weighted by atomic mass is 10.1. The topological polar surface area (TPSA) is 88.6 Å². The largest absolute Gasteiger partial charge is 0.374 e. The average molecular weight is 377 g/mol. The van der Waals surface area contributed by atoms with Gasteiger partial charge in [-0.1, -0.05) is 18.2 Å².